The van der Waals surface area contributed by atoms with Crippen LogP contribution < -0.4 is 5.32 Å². The quantitative estimate of drug-likeness (QED) is 0.0516. The van der Waals surface area contributed by atoms with E-state index in [0.717, 1.165) is 51.4 Å². The van der Waals surface area contributed by atoms with E-state index < -0.39 is 12.1 Å². The molecule has 2 unspecified atom stereocenters. The molecule has 0 aliphatic heterocycles. The lowest BCUT2D eigenvalue weighted by atomic mass is 10.0. The van der Waals surface area contributed by atoms with Crippen LogP contribution in [0.3, 0.4) is 0 Å². The van der Waals surface area contributed by atoms with Crippen molar-refractivity contribution in [2.45, 2.75) is 199 Å². The molecule has 0 fully saturated rings. The van der Waals surface area contributed by atoms with Crippen LogP contribution in [0.4, 0.5) is 0 Å². The topological polar surface area (TPSA) is 69.6 Å². The highest BCUT2D eigenvalue weighted by Gasteiger charge is 2.19. The highest BCUT2D eigenvalue weighted by molar-refractivity contribution is 5.76. The number of carbonyl (C=O) groups excluding carboxylic acids is 1. The van der Waals surface area contributed by atoms with Gasteiger partial charge in [0.15, 0.2) is 0 Å². The van der Waals surface area contributed by atoms with E-state index >= 15 is 0 Å². The molecule has 4 heteroatoms. The number of aliphatic hydroxyl groups is 2. The van der Waals surface area contributed by atoms with Gasteiger partial charge in [-0.25, -0.2) is 0 Å². The molecule has 0 spiro atoms. The Labute approximate surface area is 268 Å². The largest absolute Gasteiger partial charge is 0.394 e. The van der Waals surface area contributed by atoms with Crippen LogP contribution in [0.1, 0.15) is 187 Å². The molecule has 0 aromatic rings. The fourth-order valence-electron chi connectivity index (χ4n) is 5.48. The average Bonchev–Trinajstić information content (AvgIpc) is 3.01. The van der Waals surface area contributed by atoms with E-state index in [0.29, 0.717) is 12.8 Å². The second-order valence-corrected chi connectivity index (χ2v) is 12.6. The number of hydrogen-bond acceptors (Lipinski definition) is 3. The molecule has 0 saturated carbocycles. The molecule has 0 bridgehead atoms. The molecule has 0 radical (unpaired) electrons. The molecule has 0 heterocycles. The van der Waals surface area contributed by atoms with Gasteiger partial charge in [0.05, 0.1) is 18.8 Å². The molecule has 2 atom stereocenters. The first kappa shape index (κ1) is 41.6. The van der Waals surface area contributed by atoms with Crippen LogP contribution in [-0.2, 0) is 4.79 Å². The first-order chi connectivity index (χ1) is 21.2. The zero-order chi connectivity index (χ0) is 31.5. The summed E-state index contributed by atoms with van der Waals surface area (Å²) in [5.74, 6) is -0.0470. The van der Waals surface area contributed by atoms with E-state index in [1.165, 1.54) is 109 Å². The summed E-state index contributed by atoms with van der Waals surface area (Å²) in [6, 6.07) is -0.540. The van der Waals surface area contributed by atoms with Gasteiger partial charge in [-0.3, -0.25) is 4.79 Å². The van der Waals surface area contributed by atoms with Crippen molar-refractivity contribution in [3.05, 3.63) is 36.5 Å². The lowest BCUT2D eigenvalue weighted by Gasteiger charge is -2.22. The summed E-state index contributed by atoms with van der Waals surface area (Å²) in [6.07, 6.45) is 44.8. The lowest BCUT2D eigenvalue weighted by Crippen LogP contribution is -2.45. The van der Waals surface area contributed by atoms with Crippen LogP contribution in [0.2, 0.25) is 0 Å². The SMILES string of the molecule is CCCCCCC/C=C\C/C=C\C/C=C\CCCCCCCCC(=O)NC(CO)C(O)CCCCCCCCCCCC. The van der Waals surface area contributed by atoms with E-state index in [1.54, 1.807) is 0 Å². The van der Waals surface area contributed by atoms with Gasteiger partial charge >= 0.3 is 0 Å². The summed E-state index contributed by atoms with van der Waals surface area (Å²) in [5.41, 5.74) is 0. The van der Waals surface area contributed by atoms with Crippen LogP contribution in [0.25, 0.3) is 0 Å². The third-order valence-electron chi connectivity index (χ3n) is 8.40. The van der Waals surface area contributed by atoms with Crippen molar-refractivity contribution in [3.8, 4) is 0 Å². The number of allylic oxidation sites excluding steroid dienone is 6. The number of carbonyl (C=O) groups is 1. The Bertz CT molecular complexity index is 657. The van der Waals surface area contributed by atoms with Crippen LogP contribution in [-0.4, -0.2) is 34.9 Å². The molecule has 1 amide bonds. The van der Waals surface area contributed by atoms with Gasteiger partial charge in [0.25, 0.3) is 0 Å². The zero-order valence-corrected chi connectivity index (χ0v) is 28.7. The first-order valence-electron chi connectivity index (χ1n) is 18.7. The number of nitrogens with one attached hydrogen (secondary N) is 1. The number of hydrogen-bond donors (Lipinski definition) is 3. The minimum absolute atomic E-state index is 0.0470. The monoisotopic (exact) mass is 604 g/mol. The van der Waals surface area contributed by atoms with E-state index in [4.69, 9.17) is 0 Å². The second-order valence-electron chi connectivity index (χ2n) is 12.6. The molecule has 0 aliphatic rings. The van der Waals surface area contributed by atoms with Crippen molar-refractivity contribution < 1.29 is 15.0 Å². The summed E-state index contributed by atoms with van der Waals surface area (Å²) in [4.78, 5) is 12.3. The maximum Gasteiger partial charge on any atom is 0.220 e. The van der Waals surface area contributed by atoms with E-state index in [1.807, 2.05) is 0 Å². The smallest absolute Gasteiger partial charge is 0.220 e. The Hall–Kier alpha value is -1.39. The third kappa shape index (κ3) is 31.8. The van der Waals surface area contributed by atoms with Crippen LogP contribution in [0.5, 0.6) is 0 Å². The Morgan fingerprint density at radius 1 is 0.558 bits per heavy atom. The minimum Gasteiger partial charge on any atom is -0.394 e. The van der Waals surface area contributed by atoms with Crippen molar-refractivity contribution in [1.82, 2.24) is 5.32 Å². The van der Waals surface area contributed by atoms with Crippen LogP contribution in [0.15, 0.2) is 36.5 Å². The van der Waals surface area contributed by atoms with E-state index in [9.17, 15) is 15.0 Å². The Morgan fingerprint density at radius 3 is 1.42 bits per heavy atom. The number of amides is 1. The standard InChI is InChI=1S/C39H73NO3/c1-3-5-7-9-11-13-15-16-17-18-19-20-21-22-23-24-25-27-29-31-33-35-39(43)40-37(36-41)38(42)34-32-30-28-26-14-12-10-8-6-4-2/h15-16,18-19,21-22,37-38,41-42H,3-14,17,20,23-36H2,1-2H3,(H,40,43)/b16-15-,19-18-,22-21-. The van der Waals surface area contributed by atoms with Gasteiger partial charge in [-0.15, -0.1) is 0 Å². The van der Waals surface area contributed by atoms with Crippen LogP contribution in [0, 0.1) is 0 Å². The van der Waals surface area contributed by atoms with Gasteiger partial charge in [-0.2, -0.15) is 0 Å². The molecular formula is C39H73NO3. The number of unbranched alkanes of at least 4 members (excludes halogenated alkanes) is 20. The molecule has 0 saturated heterocycles. The zero-order valence-electron chi connectivity index (χ0n) is 28.7. The maximum atomic E-state index is 12.3. The van der Waals surface area contributed by atoms with Crippen molar-refractivity contribution in [1.29, 1.82) is 0 Å². The maximum absolute atomic E-state index is 12.3. The normalized spacial score (nSPS) is 13.5. The van der Waals surface area contributed by atoms with Crippen LogP contribution >= 0.6 is 0 Å². The number of rotatable bonds is 33. The Morgan fingerprint density at radius 2 is 0.953 bits per heavy atom. The fourth-order valence-corrected chi connectivity index (χ4v) is 5.48. The predicted octanol–water partition coefficient (Wildman–Crippen LogP) is 11.1. The van der Waals surface area contributed by atoms with Crippen molar-refractivity contribution >= 4 is 5.91 Å². The van der Waals surface area contributed by atoms with Gasteiger partial charge < -0.3 is 15.5 Å². The summed E-state index contributed by atoms with van der Waals surface area (Å²) in [6.45, 7) is 4.31. The average molecular weight is 604 g/mol. The molecule has 0 aliphatic carbocycles. The van der Waals surface area contributed by atoms with Gasteiger partial charge in [0.1, 0.15) is 0 Å². The summed E-state index contributed by atoms with van der Waals surface area (Å²) in [5, 5.41) is 23.0. The van der Waals surface area contributed by atoms with E-state index in [2.05, 4.69) is 55.6 Å². The van der Waals surface area contributed by atoms with Gasteiger partial charge in [0.2, 0.25) is 5.91 Å². The Balaban J connectivity index is 3.60. The molecule has 0 aromatic heterocycles. The molecule has 4 nitrogen and oxygen atoms in total. The molecule has 0 rings (SSSR count). The molecule has 3 N–H and O–H groups in total. The molecule has 252 valence electrons. The summed E-state index contributed by atoms with van der Waals surface area (Å²) in [7, 11) is 0. The van der Waals surface area contributed by atoms with E-state index in [-0.39, 0.29) is 12.5 Å². The number of aliphatic hydroxyl groups excluding tert-OH is 2. The van der Waals surface area contributed by atoms with Gasteiger partial charge in [0, 0.05) is 6.42 Å². The Kier molecular flexibility index (Phi) is 34.0. The van der Waals surface area contributed by atoms with Gasteiger partial charge in [-0.1, -0.05) is 166 Å². The minimum atomic E-state index is -0.662. The highest BCUT2D eigenvalue weighted by Crippen LogP contribution is 2.14. The van der Waals surface area contributed by atoms with Crippen molar-refractivity contribution in [2.75, 3.05) is 6.61 Å². The van der Waals surface area contributed by atoms with Gasteiger partial charge in [-0.05, 0) is 51.4 Å². The molecule has 43 heavy (non-hydrogen) atoms. The second kappa shape index (κ2) is 35.1. The summed E-state index contributed by atoms with van der Waals surface area (Å²) >= 11 is 0. The third-order valence-corrected chi connectivity index (χ3v) is 8.40. The summed E-state index contributed by atoms with van der Waals surface area (Å²) < 4.78 is 0. The molecule has 0 aromatic carbocycles. The molecular weight excluding hydrogens is 530 g/mol. The predicted molar refractivity (Wildman–Crippen MR) is 188 cm³/mol. The van der Waals surface area contributed by atoms with Crippen molar-refractivity contribution in [3.63, 3.8) is 0 Å². The van der Waals surface area contributed by atoms with Crippen molar-refractivity contribution in [2.24, 2.45) is 0 Å². The highest BCUT2D eigenvalue weighted by atomic mass is 16.3. The first-order valence-corrected chi connectivity index (χ1v) is 18.7. The fraction of sp³-hybridized carbons (Fsp3) is 0.821. The lowest BCUT2D eigenvalue weighted by molar-refractivity contribution is -0.123.